The van der Waals surface area contributed by atoms with Crippen molar-refractivity contribution in [2.24, 2.45) is 4.99 Å². The van der Waals surface area contributed by atoms with Crippen molar-refractivity contribution in [1.29, 1.82) is 0 Å². The molecule has 5 rings (SSSR count). The molecule has 1 fully saturated rings. The van der Waals surface area contributed by atoms with Crippen molar-refractivity contribution < 1.29 is 9.59 Å². The highest BCUT2D eigenvalue weighted by atomic mass is 16.2. The highest BCUT2D eigenvalue weighted by Gasteiger charge is 2.49. The average molecular weight is 415 g/mol. The summed E-state index contributed by atoms with van der Waals surface area (Å²) in [6, 6.07) is 14.4. The van der Waals surface area contributed by atoms with E-state index in [1.807, 2.05) is 31.3 Å². The number of carbonyl (C=O) groups excluding carboxylic acids is 2. The lowest BCUT2D eigenvalue weighted by Crippen LogP contribution is -2.51. The van der Waals surface area contributed by atoms with Crippen molar-refractivity contribution in [2.45, 2.75) is 32.2 Å². The highest BCUT2D eigenvalue weighted by Crippen LogP contribution is 2.35. The van der Waals surface area contributed by atoms with Crippen LogP contribution in [0, 0.1) is 0 Å². The van der Waals surface area contributed by atoms with Gasteiger partial charge in [-0.3, -0.25) is 24.6 Å². The molecule has 2 amide bonds. The molecule has 0 bridgehead atoms. The van der Waals surface area contributed by atoms with Gasteiger partial charge in [0.25, 0.3) is 5.91 Å². The van der Waals surface area contributed by atoms with Crippen LogP contribution in [0.5, 0.6) is 0 Å². The maximum Gasteiger partial charge on any atom is 0.256 e. The molecule has 31 heavy (non-hydrogen) atoms. The van der Waals surface area contributed by atoms with Crippen LogP contribution in [0.4, 0.5) is 0 Å². The summed E-state index contributed by atoms with van der Waals surface area (Å²) < 4.78 is 0. The number of nitrogens with one attached hydrogen (secondary N) is 1. The number of hydrogen-bond donors (Lipinski definition) is 1. The zero-order valence-corrected chi connectivity index (χ0v) is 17.8. The number of rotatable bonds is 3. The fraction of sp³-hybridized carbons (Fsp3) is 0.333. The van der Waals surface area contributed by atoms with E-state index in [-0.39, 0.29) is 11.8 Å². The van der Waals surface area contributed by atoms with Crippen LogP contribution >= 0.6 is 0 Å². The Balaban J connectivity index is 1.44. The van der Waals surface area contributed by atoms with E-state index in [2.05, 4.69) is 34.5 Å². The molecule has 0 saturated carbocycles. The Hall–Kier alpha value is -3.48. The van der Waals surface area contributed by atoms with Crippen LogP contribution in [0.1, 0.15) is 32.3 Å². The van der Waals surface area contributed by atoms with Gasteiger partial charge in [-0.05, 0) is 43.0 Å². The van der Waals surface area contributed by atoms with Gasteiger partial charge in [-0.2, -0.15) is 5.10 Å². The molecule has 3 aromatic rings. The van der Waals surface area contributed by atoms with E-state index in [4.69, 9.17) is 4.99 Å². The normalized spacial score (nSPS) is 18.1. The number of hydrogen-bond acceptors (Lipinski definition) is 4. The lowest BCUT2D eigenvalue weighted by molar-refractivity contribution is -0.137. The van der Waals surface area contributed by atoms with Gasteiger partial charge in [0.15, 0.2) is 0 Å². The second kappa shape index (κ2) is 7.34. The van der Waals surface area contributed by atoms with E-state index in [1.165, 1.54) is 0 Å². The first kappa shape index (κ1) is 19.5. The Labute approximate surface area is 180 Å². The molecule has 0 aliphatic carbocycles. The largest absolute Gasteiger partial charge is 0.343 e. The summed E-state index contributed by atoms with van der Waals surface area (Å²) in [5.41, 5.74) is 3.44. The quantitative estimate of drug-likeness (QED) is 0.713. The van der Waals surface area contributed by atoms with Gasteiger partial charge in [-0.25, -0.2) is 0 Å². The predicted octanol–water partition coefficient (Wildman–Crippen LogP) is 3.22. The SMILES string of the molecule is CCN1C(=O)C2(CCN(C(C)=O)CC2)N=C1c1ccc(-c2ccc3[nH]ncc3c2)cc1. The van der Waals surface area contributed by atoms with Gasteiger partial charge in [0.05, 0.1) is 11.7 Å². The maximum atomic E-state index is 13.3. The summed E-state index contributed by atoms with van der Waals surface area (Å²) in [6.07, 6.45) is 2.98. The fourth-order valence-corrected chi connectivity index (χ4v) is 4.62. The third-order valence-corrected chi connectivity index (χ3v) is 6.49. The fourth-order valence-electron chi connectivity index (χ4n) is 4.62. The van der Waals surface area contributed by atoms with E-state index in [0.29, 0.717) is 32.5 Å². The van der Waals surface area contributed by atoms with Crippen LogP contribution < -0.4 is 0 Å². The predicted molar refractivity (Wildman–Crippen MR) is 120 cm³/mol. The number of fused-ring (bicyclic) bond motifs is 1. The van der Waals surface area contributed by atoms with E-state index in [0.717, 1.165) is 33.4 Å². The van der Waals surface area contributed by atoms with Crippen molar-refractivity contribution in [1.82, 2.24) is 20.0 Å². The zero-order chi connectivity index (χ0) is 21.6. The number of carbonyl (C=O) groups is 2. The van der Waals surface area contributed by atoms with Crippen LogP contribution in [0.15, 0.2) is 53.7 Å². The average Bonchev–Trinajstić information content (AvgIpc) is 3.36. The molecule has 1 spiro atoms. The molecule has 1 saturated heterocycles. The number of aromatic amines is 1. The molecule has 2 aromatic carbocycles. The van der Waals surface area contributed by atoms with Gasteiger partial charge >= 0.3 is 0 Å². The molecule has 0 atom stereocenters. The van der Waals surface area contributed by atoms with E-state index in [9.17, 15) is 9.59 Å². The van der Waals surface area contributed by atoms with E-state index >= 15 is 0 Å². The van der Waals surface area contributed by atoms with Crippen LogP contribution in [0.2, 0.25) is 0 Å². The topological polar surface area (TPSA) is 81.7 Å². The van der Waals surface area contributed by atoms with Gasteiger partial charge in [-0.15, -0.1) is 0 Å². The minimum Gasteiger partial charge on any atom is -0.343 e. The number of nitrogens with zero attached hydrogens (tertiary/aromatic N) is 4. The molecule has 3 heterocycles. The molecular weight excluding hydrogens is 390 g/mol. The molecule has 0 radical (unpaired) electrons. The van der Waals surface area contributed by atoms with Crippen LogP contribution in [-0.2, 0) is 9.59 Å². The minimum atomic E-state index is -0.734. The standard InChI is InChI=1S/C24H25N5O2/c1-3-29-22(26-24(23(29)31)10-12-28(13-11-24)16(2)30)18-6-4-17(5-7-18)19-8-9-21-20(14-19)15-25-27-21/h4-9,14-15H,3,10-13H2,1-2H3,(H,25,27). The number of aromatic nitrogens is 2. The minimum absolute atomic E-state index is 0.0565. The molecule has 1 N–H and O–H groups in total. The van der Waals surface area contributed by atoms with Gasteiger partial charge in [-0.1, -0.05) is 30.3 Å². The molecule has 7 heteroatoms. The smallest absolute Gasteiger partial charge is 0.256 e. The number of benzene rings is 2. The van der Waals surface area contributed by atoms with Gasteiger partial charge < -0.3 is 4.90 Å². The Morgan fingerprint density at radius 2 is 1.74 bits per heavy atom. The van der Waals surface area contributed by atoms with Crippen molar-refractivity contribution in [3.05, 3.63) is 54.2 Å². The Kier molecular flexibility index (Phi) is 4.61. The molecule has 158 valence electrons. The highest BCUT2D eigenvalue weighted by molar-refractivity contribution is 6.15. The van der Waals surface area contributed by atoms with Crippen molar-refractivity contribution in [3.63, 3.8) is 0 Å². The van der Waals surface area contributed by atoms with Crippen molar-refractivity contribution >= 4 is 28.6 Å². The Bertz CT molecular complexity index is 1190. The monoisotopic (exact) mass is 415 g/mol. The van der Waals surface area contributed by atoms with Crippen LogP contribution in [0.25, 0.3) is 22.0 Å². The summed E-state index contributed by atoms with van der Waals surface area (Å²) in [4.78, 5) is 33.5. The van der Waals surface area contributed by atoms with Gasteiger partial charge in [0, 0.05) is 37.5 Å². The van der Waals surface area contributed by atoms with Crippen LogP contribution in [-0.4, -0.2) is 62.8 Å². The number of amides is 2. The first-order valence-electron chi connectivity index (χ1n) is 10.7. The zero-order valence-electron chi connectivity index (χ0n) is 17.8. The Morgan fingerprint density at radius 1 is 1.06 bits per heavy atom. The first-order chi connectivity index (χ1) is 15.0. The lowest BCUT2D eigenvalue weighted by atomic mass is 9.87. The third-order valence-electron chi connectivity index (χ3n) is 6.49. The van der Waals surface area contributed by atoms with Crippen LogP contribution in [0.3, 0.4) is 0 Å². The molecule has 7 nitrogen and oxygen atoms in total. The molecule has 1 aromatic heterocycles. The first-order valence-corrected chi connectivity index (χ1v) is 10.7. The summed E-state index contributed by atoms with van der Waals surface area (Å²) in [5, 5.41) is 8.13. The number of piperidine rings is 1. The number of H-pyrrole nitrogens is 1. The second-order valence-electron chi connectivity index (χ2n) is 8.27. The van der Waals surface area contributed by atoms with E-state index in [1.54, 1.807) is 16.7 Å². The second-order valence-corrected chi connectivity index (χ2v) is 8.27. The summed E-state index contributed by atoms with van der Waals surface area (Å²) in [7, 11) is 0. The molecule has 0 unspecified atom stereocenters. The lowest BCUT2D eigenvalue weighted by Gasteiger charge is -2.35. The van der Waals surface area contributed by atoms with Gasteiger partial charge in [0.2, 0.25) is 5.91 Å². The Morgan fingerprint density at radius 3 is 2.42 bits per heavy atom. The third kappa shape index (κ3) is 3.21. The number of likely N-dealkylation sites (N-methyl/N-ethyl adjacent to an activating group) is 1. The summed E-state index contributed by atoms with van der Waals surface area (Å²) in [6.45, 7) is 5.28. The number of aliphatic imine (C=N–C) groups is 1. The number of likely N-dealkylation sites (tertiary alicyclic amines) is 1. The molecule has 2 aliphatic rings. The summed E-state index contributed by atoms with van der Waals surface area (Å²) in [5.74, 6) is 0.851. The molecular formula is C24H25N5O2. The van der Waals surface area contributed by atoms with E-state index < -0.39 is 5.54 Å². The van der Waals surface area contributed by atoms with Crippen molar-refractivity contribution in [3.8, 4) is 11.1 Å². The van der Waals surface area contributed by atoms with Gasteiger partial charge in [0.1, 0.15) is 11.4 Å². The number of amidine groups is 1. The summed E-state index contributed by atoms with van der Waals surface area (Å²) >= 11 is 0. The molecule has 2 aliphatic heterocycles. The maximum absolute atomic E-state index is 13.3. The van der Waals surface area contributed by atoms with Crippen molar-refractivity contribution in [2.75, 3.05) is 19.6 Å².